The third kappa shape index (κ3) is 2.01. The highest BCUT2D eigenvalue weighted by molar-refractivity contribution is 5.56. The smallest absolute Gasteiger partial charge is 0.248 e. The van der Waals surface area contributed by atoms with E-state index < -0.39 is 0 Å². The summed E-state index contributed by atoms with van der Waals surface area (Å²) in [7, 11) is 1.72. The molecule has 2 heterocycles. The van der Waals surface area contributed by atoms with Gasteiger partial charge in [-0.15, -0.1) is 10.2 Å². The zero-order chi connectivity index (χ0) is 12.5. The number of aromatic nitrogens is 3. The van der Waals surface area contributed by atoms with Gasteiger partial charge in [0.2, 0.25) is 11.8 Å². The van der Waals surface area contributed by atoms with Crippen molar-refractivity contribution in [1.82, 2.24) is 15.2 Å². The molecule has 5 heteroatoms. The fraction of sp³-hybridized carbons (Fsp3) is 0.462. The molecule has 0 bridgehead atoms. The van der Waals surface area contributed by atoms with Gasteiger partial charge >= 0.3 is 0 Å². The largest absolute Gasteiger partial charge is 0.420 e. The van der Waals surface area contributed by atoms with Crippen molar-refractivity contribution < 1.29 is 9.15 Å². The lowest BCUT2D eigenvalue weighted by Crippen LogP contribution is -1.92. The molecule has 0 aliphatic heterocycles. The molecule has 0 spiro atoms. The summed E-state index contributed by atoms with van der Waals surface area (Å²) in [6, 6.07) is 1.90. The minimum absolute atomic E-state index is 0.369. The molecule has 2 aromatic rings. The Morgan fingerprint density at radius 3 is 3.11 bits per heavy atom. The molecule has 0 saturated heterocycles. The molecule has 94 valence electrons. The van der Waals surface area contributed by atoms with Crippen molar-refractivity contribution >= 4 is 0 Å². The molecule has 0 unspecified atom stereocenters. The molecule has 0 radical (unpaired) electrons. The van der Waals surface area contributed by atoms with Gasteiger partial charge in [-0.3, -0.25) is 4.98 Å². The molecule has 1 saturated carbocycles. The Labute approximate surface area is 105 Å². The quantitative estimate of drug-likeness (QED) is 0.826. The van der Waals surface area contributed by atoms with E-state index in [2.05, 4.69) is 15.2 Å². The first-order valence-electron chi connectivity index (χ1n) is 6.03. The molecule has 2 atom stereocenters. The van der Waals surface area contributed by atoms with Crippen LogP contribution in [0.5, 0.6) is 0 Å². The molecule has 0 N–H and O–H groups in total. The maximum Gasteiger partial charge on any atom is 0.248 e. The lowest BCUT2D eigenvalue weighted by atomic mass is 10.2. The van der Waals surface area contributed by atoms with Crippen LogP contribution in [-0.4, -0.2) is 28.9 Å². The van der Waals surface area contributed by atoms with Gasteiger partial charge in [0.05, 0.1) is 0 Å². The summed E-state index contributed by atoms with van der Waals surface area (Å²) in [4.78, 5) is 4.05. The lowest BCUT2D eigenvalue weighted by molar-refractivity contribution is 0.183. The number of rotatable bonds is 4. The standard InChI is InChI=1S/C13H15N3O2/c1-8-6-14-4-3-10(8)12-15-16-13(18-12)11-5-9(11)7-17-2/h3-4,6,9,11H,5,7H2,1-2H3/t9-,11+/m1/s1. The zero-order valence-corrected chi connectivity index (χ0v) is 10.5. The van der Waals surface area contributed by atoms with Gasteiger partial charge in [0.15, 0.2) is 0 Å². The van der Waals surface area contributed by atoms with E-state index in [1.54, 1.807) is 19.5 Å². The van der Waals surface area contributed by atoms with Gasteiger partial charge < -0.3 is 9.15 Å². The molecule has 1 fully saturated rings. The highest BCUT2D eigenvalue weighted by Crippen LogP contribution is 2.47. The average molecular weight is 245 g/mol. The van der Waals surface area contributed by atoms with Gasteiger partial charge in [-0.1, -0.05) is 0 Å². The fourth-order valence-corrected chi connectivity index (χ4v) is 2.15. The van der Waals surface area contributed by atoms with Crippen LogP contribution < -0.4 is 0 Å². The SMILES string of the molecule is COC[C@H]1C[C@@H]1c1nnc(-c2ccncc2C)o1. The van der Waals surface area contributed by atoms with Gasteiger partial charge in [-0.05, 0) is 30.9 Å². The maximum absolute atomic E-state index is 5.75. The van der Waals surface area contributed by atoms with Gasteiger partial charge in [0.1, 0.15) is 0 Å². The first-order chi connectivity index (χ1) is 8.79. The molecule has 1 aliphatic carbocycles. The van der Waals surface area contributed by atoms with Crippen molar-refractivity contribution in [1.29, 1.82) is 0 Å². The number of hydrogen-bond donors (Lipinski definition) is 0. The van der Waals surface area contributed by atoms with Crippen LogP contribution in [0.4, 0.5) is 0 Å². The Morgan fingerprint density at radius 1 is 1.44 bits per heavy atom. The minimum atomic E-state index is 0.369. The van der Waals surface area contributed by atoms with Crippen molar-refractivity contribution in [2.45, 2.75) is 19.3 Å². The van der Waals surface area contributed by atoms with E-state index >= 15 is 0 Å². The Hall–Kier alpha value is -1.75. The van der Waals surface area contributed by atoms with Crippen LogP contribution in [0.15, 0.2) is 22.9 Å². The Kier molecular flexibility index (Phi) is 2.83. The van der Waals surface area contributed by atoms with Crippen LogP contribution in [-0.2, 0) is 4.74 Å². The zero-order valence-electron chi connectivity index (χ0n) is 10.5. The van der Waals surface area contributed by atoms with E-state index in [0.717, 1.165) is 30.0 Å². The predicted molar refractivity (Wildman–Crippen MR) is 65.0 cm³/mol. The van der Waals surface area contributed by atoms with E-state index in [-0.39, 0.29) is 0 Å². The maximum atomic E-state index is 5.75. The van der Waals surface area contributed by atoms with E-state index in [1.807, 2.05) is 13.0 Å². The molecule has 1 aliphatic rings. The summed E-state index contributed by atoms with van der Waals surface area (Å²) in [6.45, 7) is 2.74. The third-order valence-corrected chi connectivity index (χ3v) is 3.31. The Morgan fingerprint density at radius 2 is 2.33 bits per heavy atom. The molecule has 3 rings (SSSR count). The highest BCUT2D eigenvalue weighted by atomic mass is 16.5. The highest BCUT2D eigenvalue weighted by Gasteiger charge is 2.42. The molecular weight excluding hydrogens is 230 g/mol. The monoisotopic (exact) mass is 245 g/mol. The second kappa shape index (κ2) is 4.49. The normalized spacial score (nSPS) is 22.1. The molecule has 2 aromatic heterocycles. The molecule has 18 heavy (non-hydrogen) atoms. The number of methoxy groups -OCH3 is 1. The van der Waals surface area contributed by atoms with Crippen molar-refractivity contribution in [3.05, 3.63) is 29.9 Å². The number of ether oxygens (including phenoxy) is 1. The van der Waals surface area contributed by atoms with E-state index in [0.29, 0.717) is 17.7 Å². The predicted octanol–water partition coefficient (Wildman–Crippen LogP) is 2.19. The van der Waals surface area contributed by atoms with E-state index in [9.17, 15) is 0 Å². The van der Waals surface area contributed by atoms with Crippen LogP contribution in [0, 0.1) is 12.8 Å². The molecule has 5 nitrogen and oxygen atoms in total. The molecule has 0 aromatic carbocycles. The van der Waals surface area contributed by atoms with Gasteiger partial charge in [0, 0.05) is 37.6 Å². The second-order valence-electron chi connectivity index (χ2n) is 4.69. The summed E-state index contributed by atoms with van der Waals surface area (Å²) in [5.41, 5.74) is 1.99. The summed E-state index contributed by atoms with van der Waals surface area (Å²) in [5, 5.41) is 8.25. The van der Waals surface area contributed by atoms with E-state index in [1.165, 1.54) is 0 Å². The first-order valence-corrected chi connectivity index (χ1v) is 6.03. The van der Waals surface area contributed by atoms with Crippen LogP contribution in [0.3, 0.4) is 0 Å². The summed E-state index contributed by atoms with van der Waals surface area (Å²) < 4.78 is 10.9. The first kappa shape index (κ1) is 11.3. The van der Waals surface area contributed by atoms with Crippen LogP contribution in [0.1, 0.15) is 23.8 Å². The summed E-state index contributed by atoms with van der Waals surface area (Å²) >= 11 is 0. The van der Waals surface area contributed by atoms with Crippen molar-refractivity contribution in [3.63, 3.8) is 0 Å². The van der Waals surface area contributed by atoms with Crippen molar-refractivity contribution in [2.75, 3.05) is 13.7 Å². The van der Waals surface area contributed by atoms with Crippen molar-refractivity contribution in [2.24, 2.45) is 5.92 Å². The molecular formula is C13H15N3O2. The van der Waals surface area contributed by atoms with Gasteiger partial charge in [-0.2, -0.15) is 0 Å². The number of pyridine rings is 1. The van der Waals surface area contributed by atoms with Crippen LogP contribution in [0.2, 0.25) is 0 Å². The third-order valence-electron chi connectivity index (χ3n) is 3.31. The number of aryl methyl sites for hydroxylation is 1. The number of hydrogen-bond acceptors (Lipinski definition) is 5. The minimum Gasteiger partial charge on any atom is -0.420 e. The fourth-order valence-electron chi connectivity index (χ4n) is 2.15. The topological polar surface area (TPSA) is 61.0 Å². The van der Waals surface area contributed by atoms with Crippen LogP contribution >= 0.6 is 0 Å². The summed E-state index contributed by atoms with van der Waals surface area (Å²) in [5.74, 6) is 2.20. The lowest BCUT2D eigenvalue weighted by Gasteiger charge is -1.98. The Bertz CT molecular complexity index is 553. The van der Waals surface area contributed by atoms with Crippen LogP contribution in [0.25, 0.3) is 11.5 Å². The molecule has 0 amide bonds. The second-order valence-corrected chi connectivity index (χ2v) is 4.69. The van der Waals surface area contributed by atoms with Crippen molar-refractivity contribution in [3.8, 4) is 11.5 Å². The number of nitrogens with zero attached hydrogens (tertiary/aromatic N) is 3. The summed E-state index contributed by atoms with van der Waals surface area (Å²) in [6.07, 6.45) is 4.60. The van der Waals surface area contributed by atoms with Gasteiger partial charge in [-0.25, -0.2) is 0 Å². The average Bonchev–Trinajstić information content (AvgIpc) is 2.97. The Balaban J connectivity index is 1.81. The van der Waals surface area contributed by atoms with E-state index in [4.69, 9.17) is 9.15 Å². The van der Waals surface area contributed by atoms with Gasteiger partial charge in [0.25, 0.3) is 0 Å².